The molecule has 0 radical (unpaired) electrons. The van der Waals surface area contributed by atoms with Crippen molar-refractivity contribution in [1.82, 2.24) is 15.1 Å². The van der Waals surface area contributed by atoms with Crippen LogP contribution in [0.2, 0.25) is 0 Å². The fraction of sp³-hybridized carbons (Fsp3) is 0.524. The summed E-state index contributed by atoms with van der Waals surface area (Å²) in [5.74, 6) is 0.589. The summed E-state index contributed by atoms with van der Waals surface area (Å²) in [7, 11) is 3.16. The summed E-state index contributed by atoms with van der Waals surface area (Å²) in [6.07, 6.45) is -4.71. The number of ether oxygens (including phenoxy) is 2. The second kappa shape index (κ2) is 8.58. The second-order valence-electron chi connectivity index (χ2n) is 7.96. The lowest BCUT2D eigenvalue weighted by atomic mass is 9.95. The van der Waals surface area contributed by atoms with E-state index in [4.69, 9.17) is 9.47 Å². The van der Waals surface area contributed by atoms with Gasteiger partial charge in [0.25, 0.3) is 0 Å². The van der Waals surface area contributed by atoms with E-state index in [-0.39, 0.29) is 29.7 Å². The number of hydrogen-bond acceptors (Lipinski definition) is 6. The number of aromatic nitrogens is 2. The van der Waals surface area contributed by atoms with Crippen LogP contribution < -0.4 is 10.1 Å². The van der Waals surface area contributed by atoms with Crippen LogP contribution in [0, 0.1) is 0 Å². The fourth-order valence-electron chi connectivity index (χ4n) is 4.25. The molecule has 3 heterocycles. The Balaban J connectivity index is 1.75. The summed E-state index contributed by atoms with van der Waals surface area (Å²) < 4.78 is 65.8. The molecule has 6 nitrogen and oxygen atoms in total. The number of likely N-dealkylation sites (N-methyl/N-ethyl adjacent to an activating group) is 1. The van der Waals surface area contributed by atoms with Gasteiger partial charge in [-0.05, 0) is 31.7 Å². The molecule has 0 unspecified atom stereocenters. The Kier molecular flexibility index (Phi) is 6.02. The quantitative estimate of drug-likeness (QED) is 0.732. The number of anilines is 1. The third-order valence-electron chi connectivity index (χ3n) is 5.64. The number of alkyl halides is 4. The number of benzene rings is 1. The molecule has 2 atom stereocenters. The van der Waals surface area contributed by atoms with Crippen molar-refractivity contribution in [3.8, 4) is 17.0 Å². The van der Waals surface area contributed by atoms with Gasteiger partial charge in [0.2, 0.25) is 0 Å². The van der Waals surface area contributed by atoms with Crippen LogP contribution in [-0.4, -0.2) is 61.2 Å². The zero-order chi connectivity index (χ0) is 22.2. The molecule has 1 saturated heterocycles. The van der Waals surface area contributed by atoms with Crippen LogP contribution in [-0.2, 0) is 23.9 Å². The van der Waals surface area contributed by atoms with Gasteiger partial charge in [0, 0.05) is 42.2 Å². The Morgan fingerprint density at radius 2 is 2.00 bits per heavy atom. The monoisotopic (exact) mass is 440 g/mol. The number of hydrogen-bond donors (Lipinski definition) is 1. The van der Waals surface area contributed by atoms with Gasteiger partial charge in [-0.2, -0.15) is 13.2 Å². The van der Waals surface area contributed by atoms with Crippen molar-refractivity contribution in [3.63, 3.8) is 0 Å². The van der Waals surface area contributed by atoms with Crippen LogP contribution in [0.15, 0.2) is 18.2 Å². The van der Waals surface area contributed by atoms with Crippen molar-refractivity contribution in [3.05, 3.63) is 34.9 Å². The minimum absolute atomic E-state index is 0.0738. The van der Waals surface area contributed by atoms with E-state index >= 15 is 0 Å². The highest BCUT2D eigenvalue weighted by atomic mass is 19.4. The largest absolute Gasteiger partial charge is 0.497 e. The van der Waals surface area contributed by atoms with E-state index in [1.54, 1.807) is 0 Å². The number of rotatable bonds is 4. The van der Waals surface area contributed by atoms with Crippen molar-refractivity contribution in [2.75, 3.05) is 39.2 Å². The van der Waals surface area contributed by atoms with Gasteiger partial charge in [-0.25, -0.2) is 4.39 Å². The van der Waals surface area contributed by atoms with Gasteiger partial charge in [-0.3, -0.25) is 0 Å². The average Bonchev–Trinajstić information content (AvgIpc) is 2.72. The number of halogens is 4. The first-order chi connectivity index (χ1) is 14.8. The highest BCUT2D eigenvalue weighted by Gasteiger charge is 2.36. The molecule has 0 bridgehead atoms. The van der Waals surface area contributed by atoms with E-state index in [0.717, 1.165) is 11.6 Å². The Bertz CT molecular complexity index is 944. The minimum Gasteiger partial charge on any atom is -0.497 e. The van der Waals surface area contributed by atoms with E-state index in [9.17, 15) is 17.6 Å². The third-order valence-corrected chi connectivity index (χ3v) is 5.64. The van der Waals surface area contributed by atoms with Gasteiger partial charge in [-0.1, -0.05) is 0 Å². The predicted octanol–water partition coefficient (Wildman–Crippen LogP) is 3.70. The molecular formula is C21H24F4N4O2. The van der Waals surface area contributed by atoms with Gasteiger partial charge >= 0.3 is 6.18 Å². The molecule has 1 aromatic carbocycles. The fourth-order valence-corrected chi connectivity index (χ4v) is 4.25. The Labute approximate surface area is 177 Å². The van der Waals surface area contributed by atoms with Crippen LogP contribution >= 0.6 is 0 Å². The van der Waals surface area contributed by atoms with Crippen molar-refractivity contribution in [2.45, 2.75) is 37.8 Å². The molecular weight excluding hydrogens is 416 g/mol. The molecule has 168 valence electrons. The SMILES string of the molecule is COc1ccc(-c2nnc(N[C@@H]3C[C@@H](F)CN(C)C3)c3c2COCC3)c(C(F)(F)F)c1. The van der Waals surface area contributed by atoms with Crippen molar-refractivity contribution >= 4 is 5.82 Å². The Morgan fingerprint density at radius 1 is 1.19 bits per heavy atom. The molecule has 1 aromatic heterocycles. The van der Waals surface area contributed by atoms with Gasteiger partial charge < -0.3 is 19.7 Å². The zero-order valence-electron chi connectivity index (χ0n) is 17.3. The smallest absolute Gasteiger partial charge is 0.417 e. The van der Waals surface area contributed by atoms with Crippen LogP contribution in [0.25, 0.3) is 11.3 Å². The second-order valence-corrected chi connectivity index (χ2v) is 7.96. The van der Waals surface area contributed by atoms with Gasteiger partial charge in [0.05, 0.1) is 31.6 Å². The maximum absolute atomic E-state index is 14.0. The summed E-state index contributed by atoms with van der Waals surface area (Å²) in [5, 5.41) is 11.6. The molecule has 2 aliphatic heterocycles. The van der Waals surface area contributed by atoms with Crippen molar-refractivity contribution in [2.24, 2.45) is 0 Å². The van der Waals surface area contributed by atoms with Crippen molar-refractivity contribution in [1.29, 1.82) is 0 Å². The molecule has 2 aliphatic rings. The molecule has 2 aromatic rings. The number of nitrogens with one attached hydrogen (secondary N) is 1. The molecule has 31 heavy (non-hydrogen) atoms. The van der Waals surface area contributed by atoms with Gasteiger partial charge in [-0.15, -0.1) is 10.2 Å². The number of piperidine rings is 1. The summed E-state index contributed by atoms with van der Waals surface area (Å²) >= 11 is 0. The van der Waals surface area contributed by atoms with E-state index < -0.39 is 17.9 Å². The summed E-state index contributed by atoms with van der Waals surface area (Å²) in [6.45, 7) is 1.59. The maximum atomic E-state index is 14.0. The van der Waals surface area contributed by atoms with Crippen LogP contribution in [0.5, 0.6) is 5.75 Å². The highest BCUT2D eigenvalue weighted by Crippen LogP contribution is 2.41. The Hall–Kier alpha value is -2.46. The summed E-state index contributed by atoms with van der Waals surface area (Å²) in [5.41, 5.74) is 0.558. The van der Waals surface area contributed by atoms with E-state index in [2.05, 4.69) is 15.5 Å². The average molecular weight is 440 g/mol. The molecule has 10 heteroatoms. The number of likely N-dealkylation sites (tertiary alicyclic amines) is 1. The van der Waals surface area contributed by atoms with Crippen molar-refractivity contribution < 1.29 is 27.0 Å². The molecule has 0 saturated carbocycles. The molecule has 0 amide bonds. The topological polar surface area (TPSA) is 59.5 Å². The van der Waals surface area contributed by atoms with Gasteiger partial charge in [0.1, 0.15) is 11.9 Å². The predicted molar refractivity (Wildman–Crippen MR) is 107 cm³/mol. The first-order valence-corrected chi connectivity index (χ1v) is 10.1. The van der Waals surface area contributed by atoms with Crippen LogP contribution in [0.4, 0.5) is 23.4 Å². The first kappa shape index (κ1) is 21.8. The van der Waals surface area contributed by atoms with Crippen LogP contribution in [0.3, 0.4) is 0 Å². The zero-order valence-corrected chi connectivity index (χ0v) is 17.3. The summed E-state index contributed by atoms with van der Waals surface area (Å²) in [4.78, 5) is 1.90. The lowest BCUT2D eigenvalue weighted by molar-refractivity contribution is -0.137. The standard InChI is InChI=1S/C21H24F4N4O2/c1-29-9-12(22)7-13(10-29)26-20-15-5-6-31-11-17(15)19(27-28-20)16-4-3-14(30-2)8-18(16)21(23,24)25/h3-4,8,12-13H,5-7,9-11H2,1-2H3,(H,26,28)/t12-,13-/m1/s1. The maximum Gasteiger partial charge on any atom is 0.417 e. The highest BCUT2D eigenvalue weighted by molar-refractivity contribution is 5.71. The lowest BCUT2D eigenvalue weighted by Crippen LogP contribution is -2.45. The molecule has 4 rings (SSSR count). The molecule has 0 aliphatic carbocycles. The van der Waals surface area contributed by atoms with E-state index in [1.807, 2.05) is 11.9 Å². The number of nitrogens with zero attached hydrogens (tertiary/aromatic N) is 3. The lowest BCUT2D eigenvalue weighted by Gasteiger charge is -2.33. The van der Waals surface area contributed by atoms with E-state index in [0.29, 0.717) is 43.9 Å². The van der Waals surface area contributed by atoms with E-state index in [1.165, 1.54) is 19.2 Å². The number of methoxy groups -OCH3 is 1. The Morgan fingerprint density at radius 3 is 2.71 bits per heavy atom. The molecule has 0 spiro atoms. The normalized spacial score (nSPS) is 22.1. The van der Waals surface area contributed by atoms with Gasteiger partial charge in [0.15, 0.2) is 5.82 Å². The number of fused-ring (bicyclic) bond motifs is 1. The molecule has 1 N–H and O–H groups in total. The minimum atomic E-state index is -4.59. The molecule has 1 fully saturated rings. The summed E-state index contributed by atoms with van der Waals surface area (Å²) in [6, 6.07) is 3.61. The van der Waals surface area contributed by atoms with Crippen LogP contribution in [0.1, 0.15) is 23.1 Å². The third kappa shape index (κ3) is 4.59. The first-order valence-electron chi connectivity index (χ1n) is 10.1.